The first-order chi connectivity index (χ1) is 21.8. The van der Waals surface area contributed by atoms with Gasteiger partial charge in [0.05, 0.1) is 16.6 Å². The van der Waals surface area contributed by atoms with Gasteiger partial charge in [-0.25, -0.2) is 4.99 Å². The first kappa shape index (κ1) is 26.0. The third-order valence-corrected chi connectivity index (χ3v) is 8.14. The molecule has 2 atom stereocenters. The normalized spacial score (nSPS) is 16.4. The molecule has 0 saturated carbocycles. The maximum Gasteiger partial charge on any atom is 0.148 e. The number of aliphatic imine (C=N–C) groups is 1. The average Bonchev–Trinajstić information content (AvgIpc) is 3.50. The van der Waals surface area contributed by atoms with Crippen molar-refractivity contribution in [1.29, 1.82) is 0 Å². The number of hydrogen-bond acceptors (Lipinski definition) is 5. The highest BCUT2D eigenvalue weighted by atomic mass is 16.3. The molecule has 0 amide bonds. The van der Waals surface area contributed by atoms with Gasteiger partial charge >= 0.3 is 0 Å². The summed E-state index contributed by atoms with van der Waals surface area (Å²) in [4.78, 5) is 7.53. The van der Waals surface area contributed by atoms with Gasteiger partial charge < -0.3 is 14.6 Å². The van der Waals surface area contributed by atoms with Crippen molar-refractivity contribution in [1.82, 2.24) is 10.6 Å². The lowest BCUT2D eigenvalue weighted by atomic mass is 10.0. The third-order valence-electron chi connectivity index (χ3n) is 8.14. The number of amidine groups is 1. The summed E-state index contributed by atoms with van der Waals surface area (Å²) in [5.41, 5.74) is 7.98. The Hall–Kier alpha value is -5.65. The lowest BCUT2D eigenvalue weighted by Gasteiger charge is -2.32. The van der Waals surface area contributed by atoms with Gasteiger partial charge in [-0.3, -0.25) is 5.32 Å². The molecule has 5 heteroatoms. The summed E-state index contributed by atoms with van der Waals surface area (Å²) in [6.07, 6.45) is -0.375. The monoisotopic (exact) mass is 570 g/mol. The van der Waals surface area contributed by atoms with Crippen molar-refractivity contribution >= 4 is 44.8 Å². The number of para-hydroxylation sites is 3. The molecule has 8 rings (SSSR count). The second kappa shape index (κ2) is 11.2. The molecular weight excluding hydrogens is 540 g/mol. The largest absolute Gasteiger partial charge is 0.455 e. The van der Waals surface area contributed by atoms with E-state index in [1.54, 1.807) is 0 Å². The number of nitrogens with one attached hydrogen (secondary N) is 2. The van der Waals surface area contributed by atoms with E-state index in [-0.39, 0.29) is 12.3 Å². The second-order valence-corrected chi connectivity index (χ2v) is 10.9. The summed E-state index contributed by atoms with van der Waals surface area (Å²) in [6.45, 7) is 0. The average molecular weight is 571 g/mol. The second-order valence-electron chi connectivity index (χ2n) is 10.9. The summed E-state index contributed by atoms with van der Waals surface area (Å²) in [6, 6.07) is 54.4. The van der Waals surface area contributed by atoms with Gasteiger partial charge in [0.15, 0.2) is 0 Å². The van der Waals surface area contributed by atoms with Crippen molar-refractivity contribution < 1.29 is 4.42 Å². The highest BCUT2D eigenvalue weighted by molar-refractivity contribution is 6.20. The molecule has 1 aliphatic rings. The standard InChI is InChI=1S/C39H30N4O/c1-5-15-27(16-6-1)37-40-38(28-17-7-2-8-18-28)42-39(41-37)32-25-26-33(35-31-23-13-14-24-34(31)44-36(32)35)43(29-19-9-3-10-20-29)30-21-11-4-12-22-30/h1-26,37-38,40H,(H,41,42). The first-order valence-corrected chi connectivity index (χ1v) is 14.9. The zero-order chi connectivity index (χ0) is 29.3. The SMILES string of the molecule is c1ccc(C2N=C(c3ccc(N(c4ccccc4)c4ccccc4)c4c3oc3ccccc34)NC(c3ccccc3)N2)cc1. The van der Waals surface area contributed by atoms with Gasteiger partial charge in [0, 0.05) is 16.8 Å². The van der Waals surface area contributed by atoms with Crippen LogP contribution in [0, 0.1) is 0 Å². The molecule has 6 aromatic carbocycles. The summed E-state index contributed by atoms with van der Waals surface area (Å²) in [7, 11) is 0. The Morgan fingerprint density at radius 3 is 1.80 bits per heavy atom. The van der Waals surface area contributed by atoms with Crippen LogP contribution in [0.5, 0.6) is 0 Å². The van der Waals surface area contributed by atoms with Crippen LogP contribution in [0.1, 0.15) is 29.0 Å². The molecule has 7 aromatic rings. The Balaban J connectivity index is 1.35. The van der Waals surface area contributed by atoms with E-state index >= 15 is 0 Å². The minimum absolute atomic E-state index is 0.141. The number of rotatable bonds is 6. The summed E-state index contributed by atoms with van der Waals surface area (Å²) < 4.78 is 6.71. The molecule has 0 bridgehead atoms. The molecule has 44 heavy (non-hydrogen) atoms. The van der Waals surface area contributed by atoms with Crippen molar-refractivity contribution in [2.24, 2.45) is 4.99 Å². The van der Waals surface area contributed by atoms with Gasteiger partial charge in [0.25, 0.3) is 0 Å². The number of furan rings is 1. The molecule has 212 valence electrons. The molecule has 1 aromatic heterocycles. The van der Waals surface area contributed by atoms with E-state index in [9.17, 15) is 0 Å². The van der Waals surface area contributed by atoms with Crippen molar-refractivity contribution in [3.63, 3.8) is 0 Å². The van der Waals surface area contributed by atoms with Crippen LogP contribution in [0.2, 0.25) is 0 Å². The molecule has 5 nitrogen and oxygen atoms in total. The van der Waals surface area contributed by atoms with Crippen molar-refractivity contribution in [2.75, 3.05) is 4.90 Å². The third kappa shape index (κ3) is 4.70. The Bertz CT molecular complexity index is 2030. The van der Waals surface area contributed by atoms with Crippen molar-refractivity contribution in [3.8, 4) is 0 Å². The van der Waals surface area contributed by atoms with Crippen LogP contribution in [-0.2, 0) is 0 Å². The minimum atomic E-state index is -0.234. The zero-order valence-electron chi connectivity index (χ0n) is 24.0. The topological polar surface area (TPSA) is 52.8 Å². The Labute approximate surface area is 256 Å². The van der Waals surface area contributed by atoms with Crippen molar-refractivity contribution in [3.05, 3.63) is 174 Å². The maximum atomic E-state index is 6.71. The molecule has 0 fully saturated rings. The number of nitrogens with zero attached hydrogens (tertiary/aromatic N) is 2. The van der Waals surface area contributed by atoms with E-state index in [1.165, 1.54) is 0 Å². The van der Waals surface area contributed by atoms with E-state index in [4.69, 9.17) is 9.41 Å². The van der Waals surface area contributed by atoms with Gasteiger partial charge in [0.2, 0.25) is 0 Å². The Morgan fingerprint density at radius 2 is 1.14 bits per heavy atom. The van der Waals surface area contributed by atoms with Gasteiger partial charge in [0.1, 0.15) is 29.3 Å². The molecule has 2 heterocycles. The number of hydrogen-bond donors (Lipinski definition) is 2. The summed E-state index contributed by atoms with van der Waals surface area (Å²) in [5, 5.41) is 9.50. The fourth-order valence-corrected chi connectivity index (χ4v) is 6.08. The van der Waals surface area contributed by atoms with Crippen LogP contribution in [0.25, 0.3) is 21.9 Å². The number of anilines is 3. The number of benzene rings is 6. The van der Waals surface area contributed by atoms with Crippen LogP contribution in [-0.4, -0.2) is 5.84 Å². The van der Waals surface area contributed by atoms with E-state index in [1.807, 2.05) is 36.4 Å². The van der Waals surface area contributed by atoms with E-state index < -0.39 is 0 Å². The van der Waals surface area contributed by atoms with Crippen LogP contribution in [0.3, 0.4) is 0 Å². The molecule has 1 aliphatic heterocycles. The quantitative estimate of drug-likeness (QED) is 0.209. The Kier molecular flexibility index (Phi) is 6.63. The summed E-state index contributed by atoms with van der Waals surface area (Å²) in [5.74, 6) is 0.785. The van der Waals surface area contributed by atoms with Gasteiger partial charge in [-0.05, 0) is 53.6 Å². The molecular formula is C39H30N4O. The van der Waals surface area contributed by atoms with Crippen LogP contribution in [0.15, 0.2) is 167 Å². The summed E-state index contributed by atoms with van der Waals surface area (Å²) >= 11 is 0. The maximum absolute atomic E-state index is 6.71. The lowest BCUT2D eigenvalue weighted by Crippen LogP contribution is -2.45. The smallest absolute Gasteiger partial charge is 0.148 e. The predicted molar refractivity (Wildman–Crippen MR) is 180 cm³/mol. The fourth-order valence-electron chi connectivity index (χ4n) is 6.08. The van der Waals surface area contributed by atoms with E-state index in [2.05, 4.69) is 137 Å². The Morgan fingerprint density at radius 1 is 0.568 bits per heavy atom. The minimum Gasteiger partial charge on any atom is -0.455 e. The zero-order valence-corrected chi connectivity index (χ0v) is 24.0. The van der Waals surface area contributed by atoms with E-state index in [0.29, 0.717) is 0 Å². The highest BCUT2D eigenvalue weighted by Crippen LogP contribution is 2.44. The molecule has 2 N–H and O–H groups in total. The molecule has 0 aliphatic carbocycles. The van der Waals surface area contributed by atoms with Gasteiger partial charge in [-0.1, -0.05) is 115 Å². The fraction of sp³-hybridized carbons (Fsp3) is 0.0513. The first-order valence-electron chi connectivity index (χ1n) is 14.9. The van der Waals surface area contributed by atoms with Crippen LogP contribution < -0.4 is 15.5 Å². The molecule has 0 saturated heterocycles. The van der Waals surface area contributed by atoms with Crippen molar-refractivity contribution in [2.45, 2.75) is 12.3 Å². The molecule has 0 spiro atoms. The highest BCUT2D eigenvalue weighted by Gasteiger charge is 2.29. The van der Waals surface area contributed by atoms with Gasteiger partial charge in [-0.2, -0.15) is 0 Å². The van der Waals surface area contributed by atoms with Gasteiger partial charge in [-0.15, -0.1) is 0 Å². The van der Waals surface area contributed by atoms with E-state index in [0.717, 1.165) is 61.5 Å². The number of fused-ring (bicyclic) bond motifs is 3. The van der Waals surface area contributed by atoms with Crippen LogP contribution >= 0.6 is 0 Å². The predicted octanol–water partition coefficient (Wildman–Crippen LogP) is 9.39. The lowest BCUT2D eigenvalue weighted by molar-refractivity contribution is 0.409. The molecule has 0 radical (unpaired) electrons. The van der Waals surface area contributed by atoms with Crippen LogP contribution in [0.4, 0.5) is 17.1 Å². The molecule has 2 unspecified atom stereocenters.